The van der Waals surface area contributed by atoms with E-state index in [0.717, 1.165) is 5.69 Å². The van der Waals surface area contributed by atoms with Crippen LogP contribution in [0.2, 0.25) is 10.3 Å². The van der Waals surface area contributed by atoms with Gasteiger partial charge in [-0.2, -0.15) is 4.98 Å². The monoisotopic (exact) mass is 285 g/mol. The molecule has 6 heteroatoms. The summed E-state index contributed by atoms with van der Waals surface area (Å²) in [7, 11) is 0.693. The Morgan fingerprint density at radius 1 is 1.24 bits per heavy atom. The van der Waals surface area contributed by atoms with Crippen LogP contribution in [0.1, 0.15) is 0 Å². The summed E-state index contributed by atoms with van der Waals surface area (Å²) in [5.74, 6) is 0.525. The molecule has 0 saturated heterocycles. The van der Waals surface area contributed by atoms with Crippen LogP contribution in [0.15, 0.2) is 30.5 Å². The molecule has 0 aliphatic carbocycles. The molecule has 2 rings (SSSR count). The minimum Gasteiger partial charge on any atom is -0.338 e. The van der Waals surface area contributed by atoms with E-state index < -0.39 is 0 Å². The first-order chi connectivity index (χ1) is 8.20. The SMILES string of the molecule is CPc1ccccc1Nc1nc(Cl)ncc1Cl. The van der Waals surface area contributed by atoms with E-state index in [1.165, 1.54) is 11.5 Å². The van der Waals surface area contributed by atoms with Crippen molar-refractivity contribution in [3.05, 3.63) is 40.8 Å². The molecule has 0 aliphatic heterocycles. The molecule has 17 heavy (non-hydrogen) atoms. The number of para-hydroxylation sites is 1. The van der Waals surface area contributed by atoms with Gasteiger partial charge in [0.05, 0.1) is 6.20 Å². The summed E-state index contributed by atoms with van der Waals surface area (Å²) in [5.41, 5.74) is 0.991. The van der Waals surface area contributed by atoms with Crippen molar-refractivity contribution >= 4 is 48.6 Å². The van der Waals surface area contributed by atoms with Crippen LogP contribution < -0.4 is 10.6 Å². The molecule has 1 atom stereocenters. The number of hydrogen-bond acceptors (Lipinski definition) is 3. The second-order valence-corrected chi connectivity index (χ2v) is 5.04. The molecule has 1 N–H and O–H groups in total. The molecule has 1 aromatic carbocycles. The molecule has 0 spiro atoms. The molecular weight excluding hydrogens is 276 g/mol. The van der Waals surface area contributed by atoms with Crippen LogP contribution in [0.4, 0.5) is 11.5 Å². The Kier molecular flexibility index (Phi) is 4.16. The van der Waals surface area contributed by atoms with Crippen molar-refractivity contribution in [2.24, 2.45) is 0 Å². The third-order valence-electron chi connectivity index (χ3n) is 2.16. The summed E-state index contributed by atoms with van der Waals surface area (Å²) in [4.78, 5) is 7.87. The third kappa shape index (κ3) is 3.06. The molecule has 0 bridgehead atoms. The van der Waals surface area contributed by atoms with Gasteiger partial charge in [-0.15, -0.1) is 0 Å². The quantitative estimate of drug-likeness (QED) is 0.693. The highest BCUT2D eigenvalue weighted by Gasteiger charge is 2.06. The molecule has 1 heterocycles. The predicted molar refractivity (Wildman–Crippen MR) is 75.6 cm³/mol. The summed E-state index contributed by atoms with van der Waals surface area (Å²) in [5, 5.41) is 5.01. The number of anilines is 2. The minimum absolute atomic E-state index is 0.174. The van der Waals surface area contributed by atoms with Gasteiger partial charge in [-0.05, 0) is 29.6 Å². The zero-order valence-corrected chi connectivity index (χ0v) is 11.5. The number of hydrogen-bond donors (Lipinski definition) is 1. The Balaban J connectivity index is 2.34. The summed E-state index contributed by atoms with van der Waals surface area (Å²) < 4.78 is 0. The first-order valence-corrected chi connectivity index (χ1v) is 7.18. The first kappa shape index (κ1) is 12.6. The lowest BCUT2D eigenvalue weighted by Crippen LogP contribution is -2.05. The fourth-order valence-corrected chi connectivity index (χ4v) is 2.32. The molecule has 0 aliphatic rings. The van der Waals surface area contributed by atoms with Crippen LogP contribution in [0.5, 0.6) is 0 Å². The summed E-state index contributed by atoms with van der Waals surface area (Å²) in [6.45, 7) is 2.12. The molecule has 2 aromatic rings. The maximum Gasteiger partial charge on any atom is 0.224 e. The molecule has 88 valence electrons. The Morgan fingerprint density at radius 2 is 2.00 bits per heavy atom. The van der Waals surface area contributed by atoms with Crippen molar-refractivity contribution < 1.29 is 0 Å². The fourth-order valence-electron chi connectivity index (χ4n) is 1.37. The van der Waals surface area contributed by atoms with Crippen LogP contribution in [-0.4, -0.2) is 16.6 Å². The smallest absolute Gasteiger partial charge is 0.224 e. The van der Waals surface area contributed by atoms with Crippen molar-refractivity contribution in [2.45, 2.75) is 0 Å². The van der Waals surface area contributed by atoms with Crippen LogP contribution in [-0.2, 0) is 0 Å². The molecule has 0 radical (unpaired) electrons. The lowest BCUT2D eigenvalue weighted by molar-refractivity contribution is 1.17. The average Bonchev–Trinajstić information content (AvgIpc) is 2.34. The molecule has 3 nitrogen and oxygen atoms in total. The fraction of sp³-hybridized carbons (Fsp3) is 0.0909. The molecule has 0 amide bonds. The van der Waals surface area contributed by atoms with Gasteiger partial charge >= 0.3 is 0 Å². The van der Waals surface area contributed by atoms with Crippen molar-refractivity contribution in [2.75, 3.05) is 12.0 Å². The van der Waals surface area contributed by atoms with Gasteiger partial charge in [-0.3, -0.25) is 0 Å². The summed E-state index contributed by atoms with van der Waals surface area (Å²) in [6, 6.07) is 8.02. The van der Waals surface area contributed by atoms with Gasteiger partial charge in [0.2, 0.25) is 5.28 Å². The second-order valence-electron chi connectivity index (χ2n) is 3.26. The lowest BCUT2D eigenvalue weighted by Gasteiger charge is -2.10. The molecule has 1 unspecified atom stereocenters. The van der Waals surface area contributed by atoms with Crippen LogP contribution in [0, 0.1) is 0 Å². The molecular formula is C11H10Cl2N3P. The van der Waals surface area contributed by atoms with Crippen molar-refractivity contribution in [3.8, 4) is 0 Å². The largest absolute Gasteiger partial charge is 0.338 e. The van der Waals surface area contributed by atoms with E-state index in [-0.39, 0.29) is 5.28 Å². The zero-order chi connectivity index (χ0) is 12.3. The van der Waals surface area contributed by atoms with Gasteiger partial charge < -0.3 is 5.32 Å². The van der Waals surface area contributed by atoms with E-state index in [1.807, 2.05) is 18.2 Å². The Hall–Kier alpha value is -0.890. The van der Waals surface area contributed by atoms with Gasteiger partial charge in [0.1, 0.15) is 5.02 Å². The maximum atomic E-state index is 6.00. The van der Waals surface area contributed by atoms with Gasteiger partial charge in [-0.1, -0.05) is 38.4 Å². The van der Waals surface area contributed by atoms with E-state index in [4.69, 9.17) is 23.2 Å². The number of nitrogens with zero attached hydrogens (tertiary/aromatic N) is 2. The van der Waals surface area contributed by atoms with Crippen molar-refractivity contribution in [1.29, 1.82) is 0 Å². The first-order valence-electron chi connectivity index (χ1n) is 4.92. The topological polar surface area (TPSA) is 37.8 Å². The van der Waals surface area contributed by atoms with E-state index in [1.54, 1.807) is 0 Å². The van der Waals surface area contributed by atoms with Crippen LogP contribution in [0.25, 0.3) is 0 Å². The molecule has 0 fully saturated rings. The van der Waals surface area contributed by atoms with Gasteiger partial charge in [0.25, 0.3) is 0 Å². The van der Waals surface area contributed by atoms with Gasteiger partial charge in [0.15, 0.2) is 5.82 Å². The zero-order valence-electron chi connectivity index (χ0n) is 9.04. The van der Waals surface area contributed by atoms with E-state index in [9.17, 15) is 0 Å². The van der Waals surface area contributed by atoms with E-state index >= 15 is 0 Å². The van der Waals surface area contributed by atoms with E-state index in [2.05, 4.69) is 28.0 Å². The summed E-state index contributed by atoms with van der Waals surface area (Å²) >= 11 is 11.7. The number of aromatic nitrogens is 2. The molecule has 0 saturated carbocycles. The highest BCUT2D eigenvalue weighted by Crippen LogP contribution is 2.24. The highest BCUT2D eigenvalue weighted by atomic mass is 35.5. The van der Waals surface area contributed by atoms with Crippen molar-refractivity contribution in [1.82, 2.24) is 9.97 Å². The Bertz CT molecular complexity index is 534. The second kappa shape index (κ2) is 5.63. The predicted octanol–water partition coefficient (Wildman–Crippen LogP) is 3.46. The standard InChI is InChI=1S/C11H10Cl2N3P/c1-17-9-5-3-2-4-8(9)15-10-7(12)6-14-11(13)16-10/h2-6,17H,1H3,(H,14,15,16). The minimum atomic E-state index is 0.174. The number of benzene rings is 1. The van der Waals surface area contributed by atoms with Crippen molar-refractivity contribution in [3.63, 3.8) is 0 Å². The Labute approximate surface area is 111 Å². The van der Waals surface area contributed by atoms with E-state index in [0.29, 0.717) is 19.4 Å². The highest BCUT2D eigenvalue weighted by molar-refractivity contribution is 7.46. The van der Waals surface area contributed by atoms with Crippen LogP contribution in [0.3, 0.4) is 0 Å². The number of nitrogens with one attached hydrogen (secondary N) is 1. The normalized spacial score (nSPS) is 11.0. The third-order valence-corrected chi connectivity index (χ3v) is 3.60. The van der Waals surface area contributed by atoms with Crippen LogP contribution >= 0.6 is 31.8 Å². The maximum absolute atomic E-state index is 6.00. The number of rotatable bonds is 3. The Morgan fingerprint density at radius 3 is 2.76 bits per heavy atom. The lowest BCUT2D eigenvalue weighted by atomic mass is 10.3. The average molecular weight is 286 g/mol. The van der Waals surface area contributed by atoms with Gasteiger partial charge in [0, 0.05) is 5.69 Å². The summed E-state index contributed by atoms with van der Waals surface area (Å²) in [6.07, 6.45) is 1.48. The van der Waals surface area contributed by atoms with Gasteiger partial charge in [-0.25, -0.2) is 4.98 Å². The number of halogens is 2. The molecule has 1 aromatic heterocycles.